The van der Waals surface area contributed by atoms with Gasteiger partial charge in [-0.25, -0.2) is 0 Å². The topological polar surface area (TPSA) is 64.7 Å². The first-order valence-electron chi connectivity index (χ1n) is 7.69. The van der Waals surface area contributed by atoms with Crippen LogP contribution in [0.15, 0.2) is 18.2 Å². The van der Waals surface area contributed by atoms with Crippen LogP contribution in [0.2, 0.25) is 0 Å². The molecule has 0 saturated heterocycles. The fraction of sp³-hybridized carbons (Fsp3) is 0.625. The van der Waals surface area contributed by atoms with E-state index in [1.807, 2.05) is 0 Å². The average Bonchev–Trinajstić information content (AvgIpc) is 2.52. The standard InChI is InChI=1S/C16H22F3NO3/c1-22-13-8-7-11(23-16(17,18)19)9-12(13)14(20)15(21)10-5-3-2-4-6-10/h7-10,14-15,21H,2-6,20H2,1H3/t14-,15+/m0/s1. The van der Waals surface area contributed by atoms with E-state index in [2.05, 4.69) is 4.74 Å². The van der Waals surface area contributed by atoms with E-state index < -0.39 is 18.5 Å². The van der Waals surface area contributed by atoms with Gasteiger partial charge in [-0.2, -0.15) is 0 Å². The van der Waals surface area contributed by atoms with Gasteiger partial charge in [-0.15, -0.1) is 13.2 Å². The Hall–Kier alpha value is -1.47. The quantitative estimate of drug-likeness (QED) is 0.865. The van der Waals surface area contributed by atoms with Crippen LogP contribution in [0.3, 0.4) is 0 Å². The molecule has 1 aromatic rings. The Kier molecular flexibility index (Phi) is 5.75. The lowest BCUT2D eigenvalue weighted by atomic mass is 9.81. The number of hydrogen-bond acceptors (Lipinski definition) is 4. The zero-order chi connectivity index (χ0) is 17.0. The Morgan fingerprint density at radius 3 is 2.43 bits per heavy atom. The smallest absolute Gasteiger partial charge is 0.496 e. The number of nitrogens with two attached hydrogens (primary N) is 1. The molecule has 1 saturated carbocycles. The number of halogens is 3. The second-order valence-electron chi connectivity index (χ2n) is 5.87. The Balaban J connectivity index is 2.22. The van der Waals surface area contributed by atoms with Crippen LogP contribution in [0.25, 0.3) is 0 Å². The third kappa shape index (κ3) is 4.75. The van der Waals surface area contributed by atoms with E-state index >= 15 is 0 Å². The fourth-order valence-electron chi connectivity index (χ4n) is 3.12. The van der Waals surface area contributed by atoms with Gasteiger partial charge in [0.05, 0.1) is 19.3 Å². The van der Waals surface area contributed by atoms with Gasteiger partial charge in [0.2, 0.25) is 0 Å². The van der Waals surface area contributed by atoms with Crippen LogP contribution in [-0.2, 0) is 0 Å². The van der Waals surface area contributed by atoms with Crippen molar-refractivity contribution in [1.29, 1.82) is 0 Å². The molecule has 0 aliphatic heterocycles. The lowest BCUT2D eigenvalue weighted by Crippen LogP contribution is -2.34. The molecule has 2 atom stereocenters. The number of benzene rings is 1. The van der Waals surface area contributed by atoms with Crippen LogP contribution >= 0.6 is 0 Å². The molecule has 23 heavy (non-hydrogen) atoms. The highest BCUT2D eigenvalue weighted by molar-refractivity contribution is 5.42. The lowest BCUT2D eigenvalue weighted by molar-refractivity contribution is -0.274. The van der Waals surface area contributed by atoms with Crippen LogP contribution in [0, 0.1) is 5.92 Å². The summed E-state index contributed by atoms with van der Waals surface area (Å²) in [7, 11) is 1.41. The average molecular weight is 333 g/mol. The van der Waals surface area contributed by atoms with E-state index in [9.17, 15) is 18.3 Å². The van der Waals surface area contributed by atoms with E-state index in [0.717, 1.165) is 38.2 Å². The van der Waals surface area contributed by atoms with Crippen LogP contribution in [0.1, 0.15) is 43.7 Å². The van der Waals surface area contributed by atoms with E-state index in [0.29, 0.717) is 11.3 Å². The van der Waals surface area contributed by atoms with Crippen molar-refractivity contribution in [3.05, 3.63) is 23.8 Å². The van der Waals surface area contributed by atoms with Gasteiger partial charge in [0.15, 0.2) is 0 Å². The van der Waals surface area contributed by atoms with Gasteiger partial charge >= 0.3 is 6.36 Å². The van der Waals surface area contributed by atoms with E-state index in [1.165, 1.54) is 19.2 Å². The molecule has 1 aliphatic carbocycles. The Labute approximate surface area is 133 Å². The number of hydrogen-bond donors (Lipinski definition) is 2. The van der Waals surface area contributed by atoms with Gasteiger partial charge in [0.1, 0.15) is 11.5 Å². The van der Waals surface area contributed by atoms with Gasteiger partial charge in [-0.1, -0.05) is 19.3 Å². The third-order valence-electron chi connectivity index (χ3n) is 4.29. The molecule has 0 aromatic heterocycles. The molecule has 2 rings (SSSR count). The fourth-order valence-corrected chi connectivity index (χ4v) is 3.12. The molecule has 0 amide bonds. The van der Waals surface area contributed by atoms with Crippen molar-refractivity contribution in [2.45, 2.75) is 50.6 Å². The maximum Gasteiger partial charge on any atom is 0.573 e. The summed E-state index contributed by atoms with van der Waals surface area (Å²) in [5.74, 6) is 0.0112. The summed E-state index contributed by atoms with van der Waals surface area (Å²) in [4.78, 5) is 0. The molecule has 0 unspecified atom stereocenters. The molecule has 1 aliphatic rings. The number of alkyl halides is 3. The Bertz CT molecular complexity index is 516. The second kappa shape index (κ2) is 7.40. The molecule has 0 heterocycles. The molecule has 1 fully saturated rings. The minimum absolute atomic E-state index is 0.0515. The van der Waals surface area contributed by atoms with E-state index in [1.54, 1.807) is 0 Å². The summed E-state index contributed by atoms with van der Waals surface area (Å²) >= 11 is 0. The van der Waals surface area contributed by atoms with Gasteiger partial charge < -0.3 is 20.3 Å². The van der Waals surface area contributed by atoms with E-state index in [-0.39, 0.29) is 11.7 Å². The van der Waals surface area contributed by atoms with Crippen molar-refractivity contribution in [2.24, 2.45) is 11.7 Å². The summed E-state index contributed by atoms with van der Waals surface area (Å²) in [6.07, 6.45) is -0.670. The van der Waals surface area contributed by atoms with Crippen molar-refractivity contribution in [3.8, 4) is 11.5 Å². The molecule has 0 bridgehead atoms. The first-order valence-corrected chi connectivity index (χ1v) is 7.69. The highest BCUT2D eigenvalue weighted by Crippen LogP contribution is 2.36. The molecular formula is C16H22F3NO3. The van der Waals surface area contributed by atoms with Crippen molar-refractivity contribution in [3.63, 3.8) is 0 Å². The van der Waals surface area contributed by atoms with Crippen LogP contribution in [0.4, 0.5) is 13.2 Å². The van der Waals surface area contributed by atoms with Crippen LogP contribution < -0.4 is 15.2 Å². The van der Waals surface area contributed by atoms with Crippen molar-refractivity contribution >= 4 is 0 Å². The van der Waals surface area contributed by atoms with Crippen molar-refractivity contribution in [2.75, 3.05) is 7.11 Å². The van der Waals surface area contributed by atoms with Gasteiger partial charge in [-0.3, -0.25) is 0 Å². The van der Waals surface area contributed by atoms with E-state index in [4.69, 9.17) is 10.5 Å². The number of methoxy groups -OCH3 is 1. The lowest BCUT2D eigenvalue weighted by Gasteiger charge is -2.31. The Morgan fingerprint density at radius 2 is 1.87 bits per heavy atom. The third-order valence-corrected chi connectivity index (χ3v) is 4.29. The number of aliphatic hydroxyl groups excluding tert-OH is 1. The van der Waals surface area contributed by atoms with Crippen molar-refractivity contribution < 1.29 is 27.8 Å². The molecular weight excluding hydrogens is 311 g/mol. The zero-order valence-corrected chi connectivity index (χ0v) is 13.0. The minimum Gasteiger partial charge on any atom is -0.496 e. The van der Waals surface area contributed by atoms with Crippen molar-refractivity contribution in [1.82, 2.24) is 0 Å². The predicted octanol–water partition coefficient (Wildman–Crippen LogP) is 3.53. The summed E-state index contributed by atoms with van der Waals surface area (Å²) in [5.41, 5.74) is 6.42. The molecule has 130 valence electrons. The van der Waals surface area contributed by atoms with Crippen LogP contribution in [0.5, 0.6) is 11.5 Å². The zero-order valence-electron chi connectivity index (χ0n) is 13.0. The maximum atomic E-state index is 12.4. The number of rotatable bonds is 5. The monoisotopic (exact) mass is 333 g/mol. The molecule has 3 N–H and O–H groups in total. The normalized spacial score (nSPS) is 19.2. The van der Waals surface area contributed by atoms with Gasteiger partial charge in [0, 0.05) is 5.56 Å². The number of aliphatic hydroxyl groups is 1. The number of ether oxygens (including phenoxy) is 2. The predicted molar refractivity (Wildman–Crippen MR) is 79.2 cm³/mol. The van der Waals surface area contributed by atoms with Gasteiger partial charge in [0.25, 0.3) is 0 Å². The molecule has 4 nitrogen and oxygen atoms in total. The summed E-state index contributed by atoms with van der Waals surface area (Å²) in [6.45, 7) is 0. The summed E-state index contributed by atoms with van der Waals surface area (Å²) in [6, 6.07) is 2.88. The van der Waals surface area contributed by atoms with Gasteiger partial charge in [-0.05, 0) is 37.0 Å². The molecule has 0 radical (unpaired) electrons. The first-order chi connectivity index (χ1) is 10.8. The summed E-state index contributed by atoms with van der Waals surface area (Å²) < 4.78 is 46.2. The highest BCUT2D eigenvalue weighted by atomic mass is 19.4. The van der Waals surface area contributed by atoms with Crippen LogP contribution in [-0.4, -0.2) is 24.7 Å². The molecule has 0 spiro atoms. The highest BCUT2D eigenvalue weighted by Gasteiger charge is 2.33. The SMILES string of the molecule is COc1ccc(OC(F)(F)F)cc1[C@H](N)[C@H](O)C1CCCCC1. The first kappa shape index (κ1) is 17.9. The maximum absolute atomic E-state index is 12.4. The molecule has 7 heteroatoms. The Morgan fingerprint density at radius 1 is 1.22 bits per heavy atom. The minimum atomic E-state index is -4.78. The summed E-state index contributed by atoms with van der Waals surface area (Å²) in [5, 5.41) is 10.5. The second-order valence-corrected chi connectivity index (χ2v) is 5.87. The largest absolute Gasteiger partial charge is 0.573 e. The molecule has 1 aromatic carbocycles.